The fraction of sp³-hybridized carbons (Fsp3) is 0.194. The minimum Gasteiger partial charge on any atom is -0.506 e. The first-order valence-corrected chi connectivity index (χ1v) is 16.3. The summed E-state index contributed by atoms with van der Waals surface area (Å²) in [5.41, 5.74) is 1.88. The highest BCUT2D eigenvalue weighted by Crippen LogP contribution is 2.45. The Morgan fingerprint density at radius 3 is 1.76 bits per heavy atom. The maximum absolute atomic E-state index is 12.5. The Morgan fingerprint density at radius 1 is 0.704 bits per heavy atom. The van der Waals surface area contributed by atoms with E-state index in [0.717, 1.165) is 15.4 Å². The van der Waals surface area contributed by atoms with Crippen LogP contribution in [0.1, 0.15) is 5.56 Å². The minimum absolute atomic E-state index is 0. The van der Waals surface area contributed by atoms with Gasteiger partial charge in [-0.25, -0.2) is 0 Å². The molecular formula is C36H33Cl2N3O13. The van der Waals surface area contributed by atoms with E-state index in [-0.39, 0.29) is 69.4 Å². The molecule has 16 nitrogen and oxygen atoms in total. The van der Waals surface area contributed by atoms with Crippen LogP contribution in [0.15, 0.2) is 69.9 Å². The summed E-state index contributed by atoms with van der Waals surface area (Å²) in [5.74, 6) is -5.12. The molecule has 0 unspecified atom stereocenters. The Hall–Kier alpha value is -6.23. The third-order valence-corrected chi connectivity index (χ3v) is 8.39. The number of benzene rings is 4. The average Bonchev–Trinajstić information content (AvgIpc) is 3.06. The Morgan fingerprint density at radius 2 is 1.22 bits per heavy atom. The maximum atomic E-state index is 12.5. The molecule has 2 aliphatic rings. The largest absolute Gasteiger partial charge is 0.506 e. The van der Waals surface area contributed by atoms with Gasteiger partial charge in [-0.05, 0) is 54.4 Å². The van der Waals surface area contributed by atoms with E-state index in [0.29, 0.717) is 22.1 Å². The lowest BCUT2D eigenvalue weighted by Gasteiger charge is -2.25. The quantitative estimate of drug-likeness (QED) is 0.0536. The fourth-order valence-electron chi connectivity index (χ4n) is 5.67. The van der Waals surface area contributed by atoms with Gasteiger partial charge in [0, 0.05) is 28.6 Å². The molecule has 0 bridgehead atoms. The molecule has 0 saturated carbocycles. The van der Waals surface area contributed by atoms with Gasteiger partial charge in [0.05, 0.1) is 21.4 Å². The van der Waals surface area contributed by atoms with Crippen LogP contribution in [-0.2, 0) is 19.2 Å². The molecule has 1 heterocycles. The monoisotopic (exact) mass is 785 g/mol. The van der Waals surface area contributed by atoms with Crippen molar-refractivity contribution in [3.8, 4) is 39.7 Å². The van der Waals surface area contributed by atoms with Gasteiger partial charge in [0.15, 0.2) is 0 Å². The molecule has 0 spiro atoms. The summed E-state index contributed by atoms with van der Waals surface area (Å²) in [6.07, 6.45) is 0. The zero-order valence-corrected chi connectivity index (χ0v) is 29.9. The van der Waals surface area contributed by atoms with Crippen LogP contribution < -0.4 is 30.9 Å². The number of phenolic OH excluding ortho intramolecular Hbond substituents is 1. The summed E-state index contributed by atoms with van der Waals surface area (Å²) in [7, 11) is 0. The number of hydrogen-bond acceptors (Lipinski definition) is 12. The maximum Gasteiger partial charge on any atom is 0.323 e. The van der Waals surface area contributed by atoms with Crippen molar-refractivity contribution in [3.05, 3.63) is 86.5 Å². The Kier molecular flexibility index (Phi) is 12.8. The summed E-state index contributed by atoms with van der Waals surface area (Å²) in [5, 5.41) is 48.5. The number of hydrogen-bond donors (Lipinski definition) is 6. The van der Waals surface area contributed by atoms with Gasteiger partial charge in [0.2, 0.25) is 5.43 Å². The summed E-state index contributed by atoms with van der Waals surface area (Å²) >= 11 is 12.5. The third-order valence-electron chi connectivity index (χ3n) is 7.79. The molecule has 18 heteroatoms. The second-order valence-corrected chi connectivity index (χ2v) is 12.5. The number of anilines is 2. The number of halogens is 2. The van der Waals surface area contributed by atoms with E-state index in [1.54, 1.807) is 25.1 Å². The van der Waals surface area contributed by atoms with Gasteiger partial charge in [-0.15, -0.1) is 0 Å². The summed E-state index contributed by atoms with van der Waals surface area (Å²) in [6, 6.07) is 14.6. The molecule has 0 saturated heterocycles. The molecular weight excluding hydrogens is 753 g/mol. The third kappa shape index (κ3) is 9.40. The molecule has 1 aliphatic heterocycles. The first-order valence-electron chi connectivity index (χ1n) is 15.6. The number of rotatable bonds is 16. The highest BCUT2D eigenvalue weighted by Gasteiger charge is 2.24. The molecule has 0 aromatic heterocycles. The Labute approximate surface area is 315 Å². The van der Waals surface area contributed by atoms with E-state index in [2.05, 4.69) is 0 Å². The lowest BCUT2D eigenvalue weighted by molar-refractivity contribution is -0.138. The number of carboxylic acid groups (broad SMARTS) is 4. The number of carboxylic acids is 4. The van der Waals surface area contributed by atoms with Crippen LogP contribution >= 0.6 is 23.2 Å². The number of fused-ring (bicyclic) bond motifs is 2. The fourth-order valence-corrected chi connectivity index (χ4v) is 5.99. The predicted molar refractivity (Wildman–Crippen MR) is 198 cm³/mol. The normalized spacial score (nSPS) is 10.8. The second kappa shape index (κ2) is 17.1. The van der Waals surface area contributed by atoms with Crippen LogP contribution in [0, 0.1) is 6.92 Å². The van der Waals surface area contributed by atoms with Crippen LogP contribution in [-0.4, -0.2) is 88.8 Å². The molecule has 8 N–H and O–H groups in total. The highest BCUT2D eigenvalue weighted by atomic mass is 35.5. The Balaban J connectivity index is 0.00000650. The zero-order valence-electron chi connectivity index (χ0n) is 28.4. The van der Waals surface area contributed by atoms with E-state index >= 15 is 0 Å². The second-order valence-electron chi connectivity index (χ2n) is 11.7. The summed E-state index contributed by atoms with van der Waals surface area (Å²) in [4.78, 5) is 61.2. The standard InChI is InChI=1S/C36H30Cl2N2O13.H3N/c1-18-2-4-24(39(14-32(43)44)15-33(45)46)30(8-18)51-6-7-52-31-9-19(3-5-25(31)40(16-34(47)48)17-35(49)50)36-20-10-22(37)26(41)12-28(20)53-29-13-27(42)23(38)11-21(29)36;/h2-5,8-13,41H,6-7,14-17H2,1H3,(H,43,44)(H,45,46)(H,47,48)(H,49,50);1H3. The summed E-state index contributed by atoms with van der Waals surface area (Å²) < 4.78 is 18.0. The molecule has 1 aliphatic carbocycles. The van der Waals surface area contributed by atoms with Crippen LogP contribution in [0.5, 0.6) is 17.2 Å². The van der Waals surface area contributed by atoms with Crippen molar-refractivity contribution in [2.24, 2.45) is 0 Å². The van der Waals surface area contributed by atoms with Crippen molar-refractivity contribution < 1.29 is 58.6 Å². The number of ether oxygens (including phenoxy) is 2. The van der Waals surface area contributed by atoms with E-state index < -0.39 is 55.5 Å². The van der Waals surface area contributed by atoms with Gasteiger partial charge >= 0.3 is 23.9 Å². The van der Waals surface area contributed by atoms with Crippen molar-refractivity contribution in [2.45, 2.75) is 6.92 Å². The lowest BCUT2D eigenvalue weighted by Crippen LogP contribution is -2.35. The highest BCUT2D eigenvalue weighted by molar-refractivity contribution is 6.33. The topological polar surface area (TPSA) is 260 Å². The van der Waals surface area contributed by atoms with Crippen LogP contribution in [0.4, 0.5) is 11.4 Å². The average molecular weight is 787 g/mol. The van der Waals surface area contributed by atoms with Gasteiger partial charge in [-0.2, -0.15) is 0 Å². The van der Waals surface area contributed by atoms with Crippen molar-refractivity contribution in [1.82, 2.24) is 6.15 Å². The number of carbonyl (C=O) groups is 4. The van der Waals surface area contributed by atoms with E-state index in [1.165, 1.54) is 42.5 Å². The Bertz CT molecular complexity index is 2250. The number of aromatic hydroxyl groups is 1. The first kappa shape index (κ1) is 40.5. The first-order chi connectivity index (χ1) is 25.1. The van der Waals surface area contributed by atoms with E-state index in [4.69, 9.17) is 37.1 Å². The predicted octanol–water partition coefficient (Wildman–Crippen LogP) is 5.46. The number of aliphatic carboxylic acids is 4. The lowest BCUT2D eigenvalue weighted by atomic mass is 9.93. The van der Waals surface area contributed by atoms with Gasteiger partial charge in [-0.3, -0.25) is 24.0 Å². The summed E-state index contributed by atoms with van der Waals surface area (Å²) in [6.45, 7) is -1.30. The SMILES string of the molecule is Cc1ccc(N(CC(=O)O)CC(=O)O)c(OCCOc2cc(-c3c4cc(Cl)c(=O)cc-4oc4cc(O)c(Cl)cc34)ccc2N(CC(=O)O)CC(=O)O)c1.N. The van der Waals surface area contributed by atoms with Crippen LogP contribution in [0.3, 0.4) is 0 Å². The van der Waals surface area contributed by atoms with Crippen molar-refractivity contribution >= 4 is 69.4 Å². The molecule has 0 fully saturated rings. The smallest absolute Gasteiger partial charge is 0.323 e. The van der Waals surface area contributed by atoms with Crippen LogP contribution in [0.2, 0.25) is 10.0 Å². The number of aryl methyl sites for hydroxylation is 1. The molecule has 5 rings (SSSR count). The molecule has 0 atom stereocenters. The van der Waals surface area contributed by atoms with Gasteiger partial charge in [0.1, 0.15) is 68.0 Å². The molecule has 3 aromatic carbocycles. The van der Waals surface area contributed by atoms with Crippen LogP contribution in [0.25, 0.3) is 33.4 Å². The zero-order chi connectivity index (χ0) is 38.6. The van der Waals surface area contributed by atoms with Crippen molar-refractivity contribution in [1.29, 1.82) is 0 Å². The minimum atomic E-state index is -1.32. The molecule has 0 radical (unpaired) electrons. The van der Waals surface area contributed by atoms with Gasteiger partial charge in [0.25, 0.3) is 0 Å². The van der Waals surface area contributed by atoms with Gasteiger partial charge in [-0.1, -0.05) is 35.3 Å². The van der Waals surface area contributed by atoms with Crippen molar-refractivity contribution in [2.75, 3.05) is 49.2 Å². The van der Waals surface area contributed by atoms with Gasteiger partial charge < -0.3 is 55.4 Å². The van der Waals surface area contributed by atoms with Crippen molar-refractivity contribution in [3.63, 3.8) is 0 Å². The van der Waals surface area contributed by atoms with E-state index in [9.17, 15) is 49.5 Å². The molecule has 3 aromatic rings. The molecule has 284 valence electrons. The number of nitrogens with zero attached hydrogens (tertiary/aromatic N) is 2. The number of phenols is 1. The molecule has 0 amide bonds. The molecule has 54 heavy (non-hydrogen) atoms. The van der Waals surface area contributed by atoms with E-state index in [1.807, 2.05) is 0 Å².